The highest BCUT2D eigenvalue weighted by Gasteiger charge is 2.30. The van der Waals surface area contributed by atoms with Crippen LogP contribution >= 0.6 is 0 Å². The summed E-state index contributed by atoms with van der Waals surface area (Å²) in [5, 5.41) is 3.45. The zero-order chi connectivity index (χ0) is 9.84. The zero-order valence-electron chi connectivity index (χ0n) is 9.51. The molecule has 0 aliphatic heterocycles. The van der Waals surface area contributed by atoms with Crippen LogP contribution < -0.4 is 5.32 Å². The standard InChI is InChI=1S/C11H24N2/c1-5-12-9(2)8-13(4)10(3)11-6-7-11/h9-12H,5-8H2,1-4H3. The van der Waals surface area contributed by atoms with Crippen molar-refractivity contribution in [2.45, 2.75) is 45.7 Å². The van der Waals surface area contributed by atoms with Crippen LogP contribution in [-0.4, -0.2) is 37.1 Å². The van der Waals surface area contributed by atoms with Crippen LogP contribution in [0.25, 0.3) is 0 Å². The maximum absolute atomic E-state index is 3.45. The molecule has 1 saturated carbocycles. The molecule has 78 valence electrons. The van der Waals surface area contributed by atoms with Gasteiger partial charge in [-0.25, -0.2) is 0 Å². The molecule has 2 heteroatoms. The molecule has 2 atom stereocenters. The predicted molar refractivity (Wildman–Crippen MR) is 58.0 cm³/mol. The Labute approximate surface area is 82.7 Å². The van der Waals surface area contributed by atoms with Crippen molar-refractivity contribution in [1.29, 1.82) is 0 Å². The van der Waals surface area contributed by atoms with E-state index in [2.05, 4.69) is 38.0 Å². The van der Waals surface area contributed by atoms with Crippen molar-refractivity contribution in [3.63, 3.8) is 0 Å². The van der Waals surface area contributed by atoms with Crippen molar-refractivity contribution in [2.75, 3.05) is 20.1 Å². The zero-order valence-corrected chi connectivity index (χ0v) is 9.51. The number of hydrogen-bond acceptors (Lipinski definition) is 2. The Bertz CT molecular complexity index is 143. The van der Waals surface area contributed by atoms with Gasteiger partial charge < -0.3 is 10.2 Å². The SMILES string of the molecule is CCNC(C)CN(C)C(C)C1CC1. The van der Waals surface area contributed by atoms with E-state index in [0.29, 0.717) is 6.04 Å². The highest BCUT2D eigenvalue weighted by molar-refractivity contribution is 4.84. The van der Waals surface area contributed by atoms with Gasteiger partial charge in [0.1, 0.15) is 0 Å². The van der Waals surface area contributed by atoms with Crippen molar-refractivity contribution in [1.82, 2.24) is 10.2 Å². The molecule has 0 amide bonds. The number of nitrogens with one attached hydrogen (secondary N) is 1. The lowest BCUT2D eigenvalue weighted by atomic mass is 10.2. The van der Waals surface area contributed by atoms with Crippen LogP contribution in [0.5, 0.6) is 0 Å². The third-order valence-corrected chi connectivity index (χ3v) is 3.11. The van der Waals surface area contributed by atoms with Crippen molar-refractivity contribution in [3.05, 3.63) is 0 Å². The van der Waals surface area contributed by atoms with Crippen molar-refractivity contribution in [3.8, 4) is 0 Å². The maximum Gasteiger partial charge on any atom is 0.0166 e. The molecule has 0 aromatic heterocycles. The smallest absolute Gasteiger partial charge is 0.0166 e. The summed E-state index contributed by atoms with van der Waals surface area (Å²) in [4.78, 5) is 2.49. The highest BCUT2D eigenvalue weighted by atomic mass is 15.2. The summed E-state index contributed by atoms with van der Waals surface area (Å²) < 4.78 is 0. The lowest BCUT2D eigenvalue weighted by Gasteiger charge is -2.27. The van der Waals surface area contributed by atoms with Crippen LogP contribution in [0.1, 0.15) is 33.6 Å². The van der Waals surface area contributed by atoms with Crippen molar-refractivity contribution in [2.24, 2.45) is 5.92 Å². The predicted octanol–water partition coefficient (Wildman–Crippen LogP) is 1.71. The molecule has 0 aromatic rings. The number of hydrogen-bond donors (Lipinski definition) is 1. The second kappa shape index (κ2) is 4.97. The average molecular weight is 184 g/mol. The Kier molecular flexibility index (Phi) is 4.20. The van der Waals surface area contributed by atoms with Crippen LogP contribution in [0.15, 0.2) is 0 Å². The molecule has 1 N–H and O–H groups in total. The Morgan fingerprint density at radius 1 is 1.38 bits per heavy atom. The minimum atomic E-state index is 0.621. The Hall–Kier alpha value is -0.0800. The van der Waals surface area contributed by atoms with Gasteiger partial charge in [-0.1, -0.05) is 6.92 Å². The van der Waals surface area contributed by atoms with Crippen LogP contribution in [0.4, 0.5) is 0 Å². The third kappa shape index (κ3) is 3.65. The molecule has 0 spiro atoms. The Balaban J connectivity index is 2.18. The summed E-state index contributed by atoms with van der Waals surface area (Å²) in [5.41, 5.74) is 0. The summed E-state index contributed by atoms with van der Waals surface area (Å²) in [6, 6.07) is 1.40. The summed E-state index contributed by atoms with van der Waals surface area (Å²) in [6.45, 7) is 9.04. The molecule has 2 nitrogen and oxygen atoms in total. The normalized spacial score (nSPS) is 21.9. The quantitative estimate of drug-likeness (QED) is 0.676. The van der Waals surface area contributed by atoms with E-state index in [9.17, 15) is 0 Å². The van der Waals surface area contributed by atoms with E-state index < -0.39 is 0 Å². The summed E-state index contributed by atoms with van der Waals surface area (Å²) in [5.74, 6) is 0.985. The summed E-state index contributed by atoms with van der Waals surface area (Å²) in [7, 11) is 2.25. The van der Waals surface area contributed by atoms with Gasteiger partial charge in [-0.3, -0.25) is 0 Å². The first-order valence-corrected chi connectivity index (χ1v) is 5.58. The molecule has 0 bridgehead atoms. The number of rotatable bonds is 6. The second-order valence-electron chi connectivity index (χ2n) is 4.48. The van der Waals surface area contributed by atoms with E-state index in [0.717, 1.165) is 18.5 Å². The van der Waals surface area contributed by atoms with E-state index in [1.54, 1.807) is 0 Å². The van der Waals surface area contributed by atoms with Crippen LogP contribution in [0.3, 0.4) is 0 Å². The first-order chi connectivity index (χ1) is 6.15. The van der Waals surface area contributed by atoms with Gasteiger partial charge in [0.15, 0.2) is 0 Å². The molecular weight excluding hydrogens is 160 g/mol. The molecule has 1 rings (SSSR count). The molecule has 0 radical (unpaired) electrons. The lowest BCUT2D eigenvalue weighted by molar-refractivity contribution is 0.215. The van der Waals surface area contributed by atoms with Crippen molar-refractivity contribution >= 4 is 0 Å². The van der Waals surface area contributed by atoms with E-state index in [1.807, 2.05) is 0 Å². The third-order valence-electron chi connectivity index (χ3n) is 3.11. The van der Waals surface area contributed by atoms with Gasteiger partial charge in [0.05, 0.1) is 0 Å². The molecule has 2 unspecified atom stereocenters. The van der Waals surface area contributed by atoms with Crippen LogP contribution in [-0.2, 0) is 0 Å². The molecule has 0 saturated heterocycles. The lowest BCUT2D eigenvalue weighted by Crippen LogP contribution is -2.41. The van der Waals surface area contributed by atoms with E-state index in [4.69, 9.17) is 0 Å². The number of likely N-dealkylation sites (N-methyl/N-ethyl adjacent to an activating group) is 2. The summed E-state index contributed by atoms with van der Waals surface area (Å²) in [6.07, 6.45) is 2.89. The maximum atomic E-state index is 3.45. The van der Waals surface area contributed by atoms with Gasteiger partial charge in [-0.2, -0.15) is 0 Å². The molecule has 13 heavy (non-hydrogen) atoms. The Morgan fingerprint density at radius 3 is 2.46 bits per heavy atom. The summed E-state index contributed by atoms with van der Waals surface area (Å²) >= 11 is 0. The second-order valence-corrected chi connectivity index (χ2v) is 4.48. The largest absolute Gasteiger partial charge is 0.313 e. The molecular formula is C11H24N2. The molecule has 1 fully saturated rings. The van der Waals surface area contributed by atoms with Gasteiger partial charge in [-0.05, 0) is 46.2 Å². The average Bonchev–Trinajstić information content (AvgIpc) is 2.85. The first-order valence-electron chi connectivity index (χ1n) is 5.58. The molecule has 1 aliphatic rings. The van der Waals surface area contributed by atoms with E-state index >= 15 is 0 Å². The minimum absolute atomic E-state index is 0.621. The van der Waals surface area contributed by atoms with Gasteiger partial charge in [0, 0.05) is 18.6 Å². The number of nitrogens with zero attached hydrogens (tertiary/aromatic N) is 1. The molecule has 0 aromatic carbocycles. The van der Waals surface area contributed by atoms with E-state index in [-0.39, 0.29) is 0 Å². The fourth-order valence-corrected chi connectivity index (χ4v) is 1.95. The van der Waals surface area contributed by atoms with Gasteiger partial charge in [0.25, 0.3) is 0 Å². The fraction of sp³-hybridized carbons (Fsp3) is 1.00. The monoisotopic (exact) mass is 184 g/mol. The fourth-order valence-electron chi connectivity index (χ4n) is 1.95. The topological polar surface area (TPSA) is 15.3 Å². The molecule has 1 aliphatic carbocycles. The van der Waals surface area contributed by atoms with Gasteiger partial charge in [0.2, 0.25) is 0 Å². The van der Waals surface area contributed by atoms with Crippen molar-refractivity contribution < 1.29 is 0 Å². The van der Waals surface area contributed by atoms with Crippen LogP contribution in [0, 0.1) is 5.92 Å². The van der Waals surface area contributed by atoms with Gasteiger partial charge in [-0.15, -0.1) is 0 Å². The van der Waals surface area contributed by atoms with Crippen LogP contribution in [0.2, 0.25) is 0 Å². The highest BCUT2D eigenvalue weighted by Crippen LogP contribution is 2.34. The minimum Gasteiger partial charge on any atom is -0.313 e. The molecule has 0 heterocycles. The van der Waals surface area contributed by atoms with E-state index in [1.165, 1.54) is 19.4 Å². The first kappa shape index (κ1) is 11.0. The van der Waals surface area contributed by atoms with Gasteiger partial charge >= 0.3 is 0 Å². The Morgan fingerprint density at radius 2 is 2.00 bits per heavy atom.